The standard InChI is InChI=1S/C11H9F2NO/c1-6-11(7(2)15-14-6)8-3-4-9(12)10(13)5-8/h3-5H,1-2H3. The van der Waals surface area contributed by atoms with Crippen molar-refractivity contribution >= 4 is 0 Å². The van der Waals surface area contributed by atoms with Gasteiger partial charge in [0.15, 0.2) is 11.6 Å². The van der Waals surface area contributed by atoms with Crippen LogP contribution in [-0.2, 0) is 0 Å². The van der Waals surface area contributed by atoms with Gasteiger partial charge in [0, 0.05) is 5.56 Å². The van der Waals surface area contributed by atoms with Gasteiger partial charge in [0.25, 0.3) is 0 Å². The first-order valence-electron chi connectivity index (χ1n) is 4.48. The minimum atomic E-state index is -0.868. The molecule has 15 heavy (non-hydrogen) atoms. The van der Waals surface area contributed by atoms with Crippen molar-refractivity contribution in [2.75, 3.05) is 0 Å². The zero-order valence-corrected chi connectivity index (χ0v) is 8.34. The van der Waals surface area contributed by atoms with Crippen LogP contribution < -0.4 is 0 Å². The molecule has 2 nitrogen and oxygen atoms in total. The maximum Gasteiger partial charge on any atom is 0.159 e. The second-order valence-electron chi connectivity index (χ2n) is 3.33. The summed E-state index contributed by atoms with van der Waals surface area (Å²) in [6.45, 7) is 3.49. The molecule has 0 fully saturated rings. The molecule has 2 aromatic rings. The average Bonchev–Trinajstić information content (AvgIpc) is 2.52. The molecule has 0 bridgehead atoms. The minimum absolute atomic E-state index is 0.574. The van der Waals surface area contributed by atoms with Gasteiger partial charge >= 0.3 is 0 Å². The summed E-state index contributed by atoms with van der Waals surface area (Å²) in [4.78, 5) is 0. The lowest BCUT2D eigenvalue weighted by Crippen LogP contribution is -1.87. The molecule has 0 radical (unpaired) electrons. The molecular formula is C11H9F2NO. The van der Waals surface area contributed by atoms with Gasteiger partial charge in [-0.1, -0.05) is 11.2 Å². The molecule has 0 aliphatic heterocycles. The van der Waals surface area contributed by atoms with Crippen molar-refractivity contribution in [2.45, 2.75) is 13.8 Å². The van der Waals surface area contributed by atoms with Gasteiger partial charge in [0.2, 0.25) is 0 Å². The predicted octanol–water partition coefficient (Wildman–Crippen LogP) is 3.24. The van der Waals surface area contributed by atoms with Gasteiger partial charge in [-0.05, 0) is 31.5 Å². The van der Waals surface area contributed by atoms with E-state index in [1.165, 1.54) is 6.07 Å². The molecule has 0 saturated heterocycles. The van der Waals surface area contributed by atoms with Gasteiger partial charge in [-0.25, -0.2) is 8.78 Å². The van der Waals surface area contributed by atoms with Gasteiger partial charge in [-0.15, -0.1) is 0 Å². The van der Waals surface area contributed by atoms with Crippen LogP contribution in [0.4, 0.5) is 8.78 Å². The van der Waals surface area contributed by atoms with E-state index >= 15 is 0 Å². The number of aryl methyl sites for hydroxylation is 2. The fraction of sp³-hybridized carbons (Fsp3) is 0.182. The maximum atomic E-state index is 13.0. The summed E-state index contributed by atoms with van der Waals surface area (Å²) >= 11 is 0. The molecule has 0 atom stereocenters. The van der Waals surface area contributed by atoms with Gasteiger partial charge in [-0.3, -0.25) is 0 Å². The van der Waals surface area contributed by atoms with E-state index in [-0.39, 0.29) is 0 Å². The quantitative estimate of drug-likeness (QED) is 0.720. The van der Waals surface area contributed by atoms with Gasteiger partial charge in [0.05, 0.1) is 5.69 Å². The summed E-state index contributed by atoms with van der Waals surface area (Å²) in [5.41, 5.74) is 1.96. The number of hydrogen-bond acceptors (Lipinski definition) is 2. The Kier molecular flexibility index (Phi) is 2.26. The first-order valence-corrected chi connectivity index (χ1v) is 4.48. The van der Waals surface area contributed by atoms with Crippen LogP contribution in [0.1, 0.15) is 11.5 Å². The highest BCUT2D eigenvalue weighted by Crippen LogP contribution is 2.27. The Morgan fingerprint density at radius 1 is 1.13 bits per heavy atom. The van der Waals surface area contributed by atoms with Crippen molar-refractivity contribution in [1.29, 1.82) is 0 Å². The fourth-order valence-corrected chi connectivity index (χ4v) is 1.55. The minimum Gasteiger partial charge on any atom is -0.361 e. The molecule has 0 aliphatic rings. The summed E-state index contributed by atoms with van der Waals surface area (Å²) < 4.78 is 30.7. The third-order valence-electron chi connectivity index (χ3n) is 2.24. The second kappa shape index (κ2) is 3.46. The van der Waals surface area contributed by atoms with Gasteiger partial charge < -0.3 is 4.52 Å². The summed E-state index contributed by atoms with van der Waals surface area (Å²) in [5.74, 6) is -1.13. The van der Waals surface area contributed by atoms with Crippen LogP contribution in [0.25, 0.3) is 11.1 Å². The summed E-state index contributed by atoms with van der Waals surface area (Å²) in [6, 6.07) is 3.74. The molecule has 1 heterocycles. The number of benzene rings is 1. The zero-order valence-electron chi connectivity index (χ0n) is 8.34. The Balaban J connectivity index is 2.59. The molecule has 0 spiro atoms. The van der Waals surface area contributed by atoms with Gasteiger partial charge in [0.1, 0.15) is 5.76 Å². The molecule has 1 aromatic heterocycles. The molecule has 0 aliphatic carbocycles. The van der Waals surface area contributed by atoms with Crippen LogP contribution in [-0.4, -0.2) is 5.16 Å². The summed E-state index contributed by atoms with van der Waals surface area (Å²) in [6.07, 6.45) is 0. The smallest absolute Gasteiger partial charge is 0.159 e. The van der Waals surface area contributed by atoms with E-state index in [0.717, 1.165) is 12.1 Å². The molecular weight excluding hydrogens is 200 g/mol. The normalized spacial score (nSPS) is 10.7. The van der Waals surface area contributed by atoms with Crippen LogP contribution in [0.2, 0.25) is 0 Å². The third-order valence-corrected chi connectivity index (χ3v) is 2.24. The third kappa shape index (κ3) is 1.63. The van der Waals surface area contributed by atoms with Crippen LogP contribution in [0.15, 0.2) is 22.7 Å². The lowest BCUT2D eigenvalue weighted by atomic mass is 10.0. The molecule has 2 rings (SSSR count). The number of aromatic nitrogens is 1. The molecule has 78 valence electrons. The SMILES string of the molecule is Cc1noc(C)c1-c1ccc(F)c(F)c1. The predicted molar refractivity (Wildman–Crippen MR) is 51.3 cm³/mol. The first-order chi connectivity index (χ1) is 7.09. The Bertz CT molecular complexity index is 486. The summed E-state index contributed by atoms with van der Waals surface area (Å²) in [5, 5.41) is 3.75. The van der Waals surface area contributed by atoms with E-state index in [4.69, 9.17) is 4.52 Å². The number of rotatable bonds is 1. The largest absolute Gasteiger partial charge is 0.361 e. The first kappa shape index (κ1) is 9.83. The van der Waals surface area contributed by atoms with E-state index in [2.05, 4.69) is 5.16 Å². The molecule has 1 aromatic carbocycles. The van der Waals surface area contributed by atoms with E-state index < -0.39 is 11.6 Å². The lowest BCUT2D eigenvalue weighted by Gasteiger charge is -2.00. The van der Waals surface area contributed by atoms with Crippen molar-refractivity contribution in [1.82, 2.24) is 5.16 Å². The Labute approximate surface area is 85.5 Å². The molecule has 0 N–H and O–H groups in total. The molecule has 4 heteroatoms. The number of hydrogen-bond donors (Lipinski definition) is 0. The maximum absolute atomic E-state index is 13.0. The van der Waals surface area contributed by atoms with Crippen molar-refractivity contribution in [2.24, 2.45) is 0 Å². The Morgan fingerprint density at radius 3 is 2.40 bits per heavy atom. The van der Waals surface area contributed by atoms with E-state index in [9.17, 15) is 8.78 Å². The van der Waals surface area contributed by atoms with Crippen LogP contribution in [0.3, 0.4) is 0 Å². The van der Waals surface area contributed by atoms with Crippen LogP contribution >= 0.6 is 0 Å². The average molecular weight is 209 g/mol. The monoisotopic (exact) mass is 209 g/mol. The second-order valence-corrected chi connectivity index (χ2v) is 3.33. The number of halogens is 2. The van der Waals surface area contributed by atoms with Crippen molar-refractivity contribution in [3.8, 4) is 11.1 Å². The highest BCUT2D eigenvalue weighted by molar-refractivity contribution is 5.67. The van der Waals surface area contributed by atoms with E-state index in [0.29, 0.717) is 22.6 Å². The topological polar surface area (TPSA) is 26.0 Å². The highest BCUT2D eigenvalue weighted by atomic mass is 19.2. The fourth-order valence-electron chi connectivity index (χ4n) is 1.55. The Morgan fingerprint density at radius 2 is 1.87 bits per heavy atom. The van der Waals surface area contributed by atoms with Crippen molar-refractivity contribution in [3.05, 3.63) is 41.3 Å². The zero-order chi connectivity index (χ0) is 11.0. The van der Waals surface area contributed by atoms with Crippen LogP contribution in [0.5, 0.6) is 0 Å². The molecule has 0 amide bonds. The highest BCUT2D eigenvalue weighted by Gasteiger charge is 2.13. The molecule has 0 saturated carbocycles. The van der Waals surface area contributed by atoms with E-state index in [1.807, 2.05) is 0 Å². The van der Waals surface area contributed by atoms with Gasteiger partial charge in [-0.2, -0.15) is 0 Å². The van der Waals surface area contributed by atoms with Crippen molar-refractivity contribution in [3.63, 3.8) is 0 Å². The van der Waals surface area contributed by atoms with E-state index in [1.54, 1.807) is 13.8 Å². The Hall–Kier alpha value is -1.71. The molecule has 0 unspecified atom stereocenters. The lowest BCUT2D eigenvalue weighted by molar-refractivity contribution is 0.393. The number of nitrogens with zero attached hydrogens (tertiary/aromatic N) is 1. The summed E-state index contributed by atoms with van der Waals surface area (Å²) in [7, 11) is 0. The van der Waals surface area contributed by atoms with Crippen molar-refractivity contribution < 1.29 is 13.3 Å². The van der Waals surface area contributed by atoms with Crippen LogP contribution in [0, 0.1) is 25.5 Å².